The fraction of sp³-hybridized carbons (Fsp3) is 0.0312. The molecule has 3 heteroatoms. The zero-order chi connectivity index (χ0) is 44.3. The molecule has 1 aliphatic rings. The molecule has 0 saturated heterocycles. The van der Waals surface area contributed by atoms with Gasteiger partial charge in [-0.05, 0) is 105 Å². The van der Waals surface area contributed by atoms with Crippen molar-refractivity contribution in [2.75, 3.05) is 4.90 Å². The maximum Gasteiger partial charge on any atom is 0.135 e. The SMILES string of the molecule is C1=CCC(N(c2cccc(-c3ccc4oc5ccccc5c4c3)c2)c2ccccc2-c2cccc3c4ccccc4n(-c4ccccc4)c23)C(c2cccc3cccc(-c4ccccc4)c23)=C1. The van der Waals surface area contributed by atoms with Gasteiger partial charge in [-0.1, -0.05) is 194 Å². The van der Waals surface area contributed by atoms with Crippen LogP contribution in [0.1, 0.15) is 12.0 Å². The number of nitrogens with zero attached hydrogens (tertiary/aromatic N) is 2. The Morgan fingerprint density at radius 3 is 1.97 bits per heavy atom. The number of furan rings is 1. The fourth-order valence-electron chi connectivity index (χ4n) is 10.8. The molecular weight excluding hydrogens is 813 g/mol. The van der Waals surface area contributed by atoms with E-state index in [1.54, 1.807) is 0 Å². The second-order valence-electron chi connectivity index (χ2n) is 17.5. The molecule has 1 atom stereocenters. The average molecular weight is 857 g/mol. The summed E-state index contributed by atoms with van der Waals surface area (Å²) in [6, 6.07) is 83.8. The van der Waals surface area contributed by atoms with Crippen LogP contribution < -0.4 is 4.90 Å². The largest absolute Gasteiger partial charge is 0.456 e. The van der Waals surface area contributed by atoms with Crippen molar-refractivity contribution >= 4 is 71.5 Å². The summed E-state index contributed by atoms with van der Waals surface area (Å²) in [7, 11) is 0. The number of anilines is 2. The van der Waals surface area contributed by atoms with Crippen LogP contribution in [-0.2, 0) is 0 Å². The minimum atomic E-state index is -0.0599. The molecule has 0 N–H and O–H groups in total. The first-order valence-electron chi connectivity index (χ1n) is 23.2. The van der Waals surface area contributed by atoms with Crippen LogP contribution in [0, 0.1) is 0 Å². The first kappa shape index (κ1) is 38.8. The molecule has 0 fully saturated rings. The summed E-state index contributed by atoms with van der Waals surface area (Å²) in [5.74, 6) is 0. The number of benzene rings is 10. The minimum Gasteiger partial charge on any atom is -0.456 e. The maximum absolute atomic E-state index is 6.28. The Hall–Kier alpha value is -8.66. The van der Waals surface area contributed by atoms with Gasteiger partial charge in [0.1, 0.15) is 11.2 Å². The van der Waals surface area contributed by atoms with Gasteiger partial charge in [-0.3, -0.25) is 0 Å². The van der Waals surface area contributed by atoms with Gasteiger partial charge >= 0.3 is 0 Å². The van der Waals surface area contributed by atoms with E-state index in [9.17, 15) is 0 Å². The van der Waals surface area contributed by atoms with Crippen molar-refractivity contribution in [3.63, 3.8) is 0 Å². The molecule has 67 heavy (non-hydrogen) atoms. The summed E-state index contributed by atoms with van der Waals surface area (Å²) in [6.45, 7) is 0. The lowest BCUT2D eigenvalue weighted by atomic mass is 9.85. The summed E-state index contributed by atoms with van der Waals surface area (Å²) in [6.07, 6.45) is 7.76. The van der Waals surface area contributed by atoms with Crippen molar-refractivity contribution in [1.29, 1.82) is 0 Å². The Morgan fingerprint density at radius 1 is 0.448 bits per heavy atom. The third-order valence-electron chi connectivity index (χ3n) is 13.7. The number of rotatable bonds is 8. The zero-order valence-corrected chi connectivity index (χ0v) is 36.8. The zero-order valence-electron chi connectivity index (χ0n) is 36.8. The van der Waals surface area contributed by atoms with Gasteiger partial charge in [0, 0.05) is 49.7 Å². The van der Waals surface area contributed by atoms with Crippen molar-refractivity contribution in [3.05, 3.63) is 254 Å². The molecule has 0 amide bonds. The molecule has 12 aromatic rings. The molecule has 2 aromatic heterocycles. The Balaban J connectivity index is 1.06. The highest BCUT2D eigenvalue weighted by atomic mass is 16.3. The predicted octanol–water partition coefficient (Wildman–Crippen LogP) is 17.4. The van der Waals surface area contributed by atoms with Crippen LogP contribution in [0.4, 0.5) is 11.4 Å². The van der Waals surface area contributed by atoms with Gasteiger partial charge in [0.05, 0.1) is 17.1 Å². The van der Waals surface area contributed by atoms with Crippen LogP contribution in [0.25, 0.3) is 99.2 Å². The number of fused-ring (bicyclic) bond motifs is 7. The smallest absolute Gasteiger partial charge is 0.135 e. The van der Waals surface area contributed by atoms with Gasteiger partial charge < -0.3 is 13.9 Å². The third kappa shape index (κ3) is 6.50. The van der Waals surface area contributed by atoms with Gasteiger partial charge in [-0.25, -0.2) is 0 Å². The topological polar surface area (TPSA) is 21.3 Å². The lowest BCUT2D eigenvalue weighted by Gasteiger charge is -2.38. The second-order valence-corrected chi connectivity index (χ2v) is 17.5. The van der Waals surface area contributed by atoms with Crippen molar-refractivity contribution in [2.45, 2.75) is 12.5 Å². The van der Waals surface area contributed by atoms with Crippen LogP contribution in [0.15, 0.2) is 253 Å². The summed E-state index contributed by atoms with van der Waals surface area (Å²) >= 11 is 0. The van der Waals surface area contributed by atoms with Gasteiger partial charge in [0.2, 0.25) is 0 Å². The van der Waals surface area contributed by atoms with E-state index in [4.69, 9.17) is 4.42 Å². The molecule has 13 rings (SSSR count). The number of allylic oxidation sites excluding steroid dienone is 2. The number of hydrogen-bond acceptors (Lipinski definition) is 2. The van der Waals surface area contributed by atoms with Crippen molar-refractivity contribution in [1.82, 2.24) is 4.57 Å². The van der Waals surface area contributed by atoms with E-state index in [0.717, 1.165) is 56.5 Å². The van der Waals surface area contributed by atoms with Crippen LogP contribution >= 0.6 is 0 Å². The number of aromatic nitrogens is 1. The summed E-state index contributed by atoms with van der Waals surface area (Å²) in [4.78, 5) is 2.62. The lowest BCUT2D eigenvalue weighted by Crippen LogP contribution is -2.33. The predicted molar refractivity (Wildman–Crippen MR) is 282 cm³/mol. The second kappa shape index (κ2) is 16.1. The van der Waals surface area contributed by atoms with Crippen molar-refractivity contribution in [3.8, 4) is 39.1 Å². The van der Waals surface area contributed by atoms with Crippen molar-refractivity contribution in [2.24, 2.45) is 0 Å². The molecule has 10 aromatic carbocycles. The van der Waals surface area contributed by atoms with E-state index in [2.05, 4.69) is 246 Å². The quantitative estimate of drug-likeness (QED) is 0.152. The molecule has 1 unspecified atom stereocenters. The Bertz CT molecular complexity index is 3900. The Labute approximate surface area is 389 Å². The highest BCUT2D eigenvalue weighted by molar-refractivity contribution is 6.15. The van der Waals surface area contributed by atoms with Crippen LogP contribution in [0.3, 0.4) is 0 Å². The van der Waals surface area contributed by atoms with Crippen molar-refractivity contribution < 1.29 is 4.42 Å². The third-order valence-corrected chi connectivity index (χ3v) is 13.7. The van der Waals surface area contributed by atoms with E-state index >= 15 is 0 Å². The van der Waals surface area contributed by atoms with E-state index in [0.29, 0.717) is 0 Å². The molecule has 0 bridgehead atoms. The fourth-order valence-corrected chi connectivity index (χ4v) is 10.8. The molecule has 3 nitrogen and oxygen atoms in total. The van der Waals surface area contributed by atoms with Gasteiger partial charge in [-0.2, -0.15) is 0 Å². The first-order chi connectivity index (χ1) is 33.3. The Kier molecular flexibility index (Phi) is 9.31. The standard InChI is InChI=1S/C64H44N2O/c1-3-19-43(20-4-1)49-31-16-21-44-22-17-32-54(63(44)49)50-27-7-11-35-58(50)65(48-26-15-23-45(41-48)46-39-40-62-57(42-46)53-30-10-14-38-61(53)67-62)59-36-12-8-28-51(59)55-33-18-34-56-52-29-9-13-37-60(52)66(64(55)56)47-24-5-2-6-25-47/h1-34,36-42,58H,35H2. The number of hydrogen-bond donors (Lipinski definition) is 0. The average Bonchev–Trinajstić information content (AvgIpc) is 3.95. The van der Waals surface area contributed by atoms with Crippen LogP contribution in [0.2, 0.25) is 0 Å². The molecule has 0 spiro atoms. The summed E-state index contributed by atoms with van der Waals surface area (Å²) in [5.41, 5.74) is 17.2. The normalized spacial score (nSPS) is 13.8. The van der Waals surface area contributed by atoms with Crippen LogP contribution in [-0.4, -0.2) is 10.6 Å². The molecule has 0 saturated carbocycles. The first-order valence-corrected chi connectivity index (χ1v) is 23.2. The van der Waals surface area contributed by atoms with Gasteiger partial charge in [0.15, 0.2) is 0 Å². The molecule has 0 radical (unpaired) electrons. The highest BCUT2D eigenvalue weighted by Crippen LogP contribution is 2.47. The maximum atomic E-state index is 6.28. The molecule has 1 aliphatic carbocycles. The van der Waals surface area contributed by atoms with E-state index < -0.39 is 0 Å². The van der Waals surface area contributed by atoms with Gasteiger partial charge in [-0.15, -0.1) is 0 Å². The van der Waals surface area contributed by atoms with Gasteiger partial charge in [0.25, 0.3) is 0 Å². The molecule has 2 heterocycles. The Morgan fingerprint density at radius 2 is 1.09 bits per heavy atom. The molecule has 316 valence electrons. The monoisotopic (exact) mass is 856 g/mol. The molecule has 0 aliphatic heterocycles. The lowest BCUT2D eigenvalue weighted by molar-refractivity contribution is 0.669. The summed E-state index contributed by atoms with van der Waals surface area (Å²) in [5, 5.41) is 7.21. The van der Waals surface area contributed by atoms with Crippen LogP contribution in [0.5, 0.6) is 0 Å². The summed E-state index contributed by atoms with van der Waals surface area (Å²) < 4.78 is 8.73. The molecular formula is C64H44N2O. The highest BCUT2D eigenvalue weighted by Gasteiger charge is 2.30. The number of para-hydroxylation sites is 5. The van der Waals surface area contributed by atoms with E-state index in [1.807, 2.05) is 12.1 Å². The van der Waals surface area contributed by atoms with E-state index in [-0.39, 0.29) is 6.04 Å². The van der Waals surface area contributed by atoms with E-state index in [1.165, 1.54) is 66.0 Å². The minimum absolute atomic E-state index is 0.0599.